The van der Waals surface area contributed by atoms with Gasteiger partial charge in [-0.15, -0.1) is 0 Å². The average Bonchev–Trinajstić information content (AvgIpc) is 2.61. The summed E-state index contributed by atoms with van der Waals surface area (Å²) >= 11 is 0. The van der Waals surface area contributed by atoms with Crippen LogP contribution in [0, 0.1) is 0 Å². The second-order valence-corrected chi connectivity index (χ2v) is 4.11. The highest BCUT2D eigenvalue weighted by Crippen LogP contribution is 2.21. The summed E-state index contributed by atoms with van der Waals surface area (Å²) in [6.07, 6.45) is 3.23. The van der Waals surface area contributed by atoms with Crippen LogP contribution in [0.25, 0.3) is 10.9 Å². The van der Waals surface area contributed by atoms with E-state index in [2.05, 4.69) is 55.5 Å². The third-order valence-corrected chi connectivity index (χ3v) is 2.69. The first-order chi connectivity index (χ1) is 7.22. The monoisotopic (exact) mass is 199 g/mol. The number of hydrogen-bond donors (Lipinski definition) is 0. The molecular weight excluding hydrogens is 182 g/mol. The van der Waals surface area contributed by atoms with Crippen molar-refractivity contribution < 1.29 is 0 Å². The van der Waals surface area contributed by atoms with Gasteiger partial charge in [0.2, 0.25) is 0 Å². The first kappa shape index (κ1) is 10.0. The van der Waals surface area contributed by atoms with Crippen LogP contribution in [-0.2, 0) is 13.0 Å². The third kappa shape index (κ3) is 1.82. The van der Waals surface area contributed by atoms with Crippen molar-refractivity contribution in [1.29, 1.82) is 0 Å². The van der Waals surface area contributed by atoms with Gasteiger partial charge in [0.25, 0.3) is 0 Å². The maximum atomic E-state index is 3.97. The second-order valence-electron chi connectivity index (χ2n) is 4.11. The molecule has 0 aliphatic rings. The number of fused-ring (bicyclic) bond motifs is 1. The third-order valence-electron chi connectivity index (χ3n) is 2.69. The predicted molar refractivity (Wildman–Crippen MR) is 66.1 cm³/mol. The molecule has 2 rings (SSSR count). The molecule has 2 aromatic rings. The lowest BCUT2D eigenvalue weighted by molar-refractivity contribution is 0.817. The highest BCUT2D eigenvalue weighted by atomic mass is 15.0. The quantitative estimate of drug-likeness (QED) is 0.663. The summed E-state index contributed by atoms with van der Waals surface area (Å²) in [6.45, 7) is 9.16. The zero-order valence-corrected chi connectivity index (χ0v) is 9.46. The molecule has 0 N–H and O–H groups in total. The smallest absolute Gasteiger partial charge is 0.0515 e. The summed E-state index contributed by atoms with van der Waals surface area (Å²) < 4.78 is 2.29. The molecule has 1 heterocycles. The molecule has 0 radical (unpaired) electrons. The molecule has 0 aliphatic carbocycles. The zero-order valence-electron chi connectivity index (χ0n) is 9.46. The van der Waals surface area contributed by atoms with E-state index in [4.69, 9.17) is 0 Å². The van der Waals surface area contributed by atoms with Crippen molar-refractivity contribution in [2.75, 3.05) is 0 Å². The Balaban J connectivity index is 2.60. The lowest BCUT2D eigenvalue weighted by Crippen LogP contribution is -1.98. The highest BCUT2D eigenvalue weighted by molar-refractivity contribution is 5.83. The lowest BCUT2D eigenvalue weighted by atomic mass is 10.1. The van der Waals surface area contributed by atoms with Crippen molar-refractivity contribution in [3.8, 4) is 0 Å². The number of benzene rings is 1. The SMILES string of the molecule is C=C(C)Cn1ccc2cccc(CC)c21. The van der Waals surface area contributed by atoms with Gasteiger partial charge in [-0.3, -0.25) is 0 Å². The topological polar surface area (TPSA) is 4.93 Å². The fraction of sp³-hybridized carbons (Fsp3) is 0.286. The Morgan fingerprint density at radius 1 is 1.33 bits per heavy atom. The molecule has 1 aromatic heterocycles. The number of aryl methyl sites for hydroxylation is 1. The Bertz CT molecular complexity index is 491. The van der Waals surface area contributed by atoms with Crippen molar-refractivity contribution in [3.63, 3.8) is 0 Å². The highest BCUT2D eigenvalue weighted by Gasteiger charge is 2.04. The molecule has 78 valence electrons. The standard InChI is InChI=1S/C14H17N/c1-4-12-6-5-7-13-8-9-15(14(12)13)10-11(2)3/h5-9H,2,4,10H2,1,3H3. The Morgan fingerprint density at radius 2 is 2.13 bits per heavy atom. The van der Waals surface area contributed by atoms with Gasteiger partial charge in [0.15, 0.2) is 0 Å². The van der Waals surface area contributed by atoms with E-state index in [1.807, 2.05) is 0 Å². The van der Waals surface area contributed by atoms with Gasteiger partial charge >= 0.3 is 0 Å². The van der Waals surface area contributed by atoms with Crippen molar-refractivity contribution in [2.45, 2.75) is 26.8 Å². The lowest BCUT2D eigenvalue weighted by Gasteiger charge is -2.08. The molecule has 0 aliphatic heterocycles. The van der Waals surface area contributed by atoms with Gasteiger partial charge in [-0.1, -0.05) is 37.3 Å². The van der Waals surface area contributed by atoms with Crippen LogP contribution in [0.15, 0.2) is 42.6 Å². The van der Waals surface area contributed by atoms with E-state index in [-0.39, 0.29) is 0 Å². The van der Waals surface area contributed by atoms with Gasteiger partial charge in [-0.2, -0.15) is 0 Å². The molecule has 0 unspecified atom stereocenters. The summed E-state index contributed by atoms with van der Waals surface area (Å²) in [6, 6.07) is 8.68. The van der Waals surface area contributed by atoms with E-state index in [0.717, 1.165) is 13.0 Å². The molecule has 0 saturated carbocycles. The van der Waals surface area contributed by atoms with Gasteiger partial charge in [0, 0.05) is 12.7 Å². The molecular formula is C14H17N. The van der Waals surface area contributed by atoms with Crippen LogP contribution in [0.4, 0.5) is 0 Å². The summed E-state index contributed by atoms with van der Waals surface area (Å²) in [5, 5.41) is 1.33. The maximum Gasteiger partial charge on any atom is 0.0515 e. The minimum Gasteiger partial charge on any atom is -0.343 e. The first-order valence-electron chi connectivity index (χ1n) is 5.43. The van der Waals surface area contributed by atoms with Gasteiger partial charge in [0.1, 0.15) is 0 Å². The number of rotatable bonds is 3. The molecule has 0 saturated heterocycles. The Hall–Kier alpha value is -1.50. The zero-order chi connectivity index (χ0) is 10.8. The summed E-state index contributed by atoms with van der Waals surface area (Å²) in [4.78, 5) is 0. The van der Waals surface area contributed by atoms with E-state index >= 15 is 0 Å². The van der Waals surface area contributed by atoms with Crippen LogP contribution in [0.2, 0.25) is 0 Å². The van der Waals surface area contributed by atoms with Gasteiger partial charge in [-0.25, -0.2) is 0 Å². The van der Waals surface area contributed by atoms with Crippen LogP contribution < -0.4 is 0 Å². The number of para-hydroxylation sites is 1. The van der Waals surface area contributed by atoms with E-state index in [0.29, 0.717) is 0 Å². The molecule has 0 bridgehead atoms. The molecule has 1 heteroatoms. The van der Waals surface area contributed by atoms with E-state index in [1.54, 1.807) is 0 Å². The minimum atomic E-state index is 0.917. The Labute approximate surface area is 91.0 Å². The molecule has 0 fully saturated rings. The molecule has 0 amide bonds. The molecule has 0 atom stereocenters. The van der Waals surface area contributed by atoms with E-state index in [1.165, 1.54) is 22.0 Å². The number of hydrogen-bond acceptors (Lipinski definition) is 0. The van der Waals surface area contributed by atoms with Crippen LogP contribution in [0.5, 0.6) is 0 Å². The number of allylic oxidation sites excluding steroid dienone is 1. The Kier molecular flexibility index (Phi) is 2.63. The predicted octanol–water partition coefficient (Wildman–Crippen LogP) is 3.78. The molecule has 1 nitrogen and oxygen atoms in total. The number of aromatic nitrogens is 1. The van der Waals surface area contributed by atoms with Gasteiger partial charge in [-0.05, 0) is 30.4 Å². The minimum absolute atomic E-state index is 0.917. The van der Waals surface area contributed by atoms with Crippen LogP contribution in [0.1, 0.15) is 19.4 Å². The molecule has 0 spiro atoms. The summed E-state index contributed by atoms with van der Waals surface area (Å²) in [5.74, 6) is 0. The summed E-state index contributed by atoms with van der Waals surface area (Å²) in [7, 11) is 0. The average molecular weight is 199 g/mol. The van der Waals surface area contributed by atoms with Crippen molar-refractivity contribution >= 4 is 10.9 Å². The largest absolute Gasteiger partial charge is 0.343 e. The van der Waals surface area contributed by atoms with Crippen LogP contribution >= 0.6 is 0 Å². The fourth-order valence-electron chi connectivity index (χ4n) is 2.05. The maximum absolute atomic E-state index is 3.97. The van der Waals surface area contributed by atoms with Gasteiger partial charge in [0.05, 0.1) is 5.52 Å². The normalized spacial score (nSPS) is 10.8. The van der Waals surface area contributed by atoms with E-state index < -0.39 is 0 Å². The fourth-order valence-corrected chi connectivity index (χ4v) is 2.05. The number of nitrogens with zero attached hydrogens (tertiary/aromatic N) is 1. The van der Waals surface area contributed by atoms with Crippen LogP contribution in [0.3, 0.4) is 0 Å². The van der Waals surface area contributed by atoms with Crippen LogP contribution in [-0.4, -0.2) is 4.57 Å². The van der Waals surface area contributed by atoms with Crippen molar-refractivity contribution in [1.82, 2.24) is 4.57 Å². The molecule has 1 aromatic carbocycles. The van der Waals surface area contributed by atoms with E-state index in [9.17, 15) is 0 Å². The van der Waals surface area contributed by atoms with Crippen molar-refractivity contribution in [3.05, 3.63) is 48.2 Å². The van der Waals surface area contributed by atoms with Crippen molar-refractivity contribution in [2.24, 2.45) is 0 Å². The summed E-state index contributed by atoms with van der Waals surface area (Å²) in [5.41, 5.74) is 3.97. The second kappa shape index (κ2) is 3.93. The Morgan fingerprint density at radius 3 is 2.80 bits per heavy atom. The first-order valence-corrected chi connectivity index (χ1v) is 5.43. The van der Waals surface area contributed by atoms with Gasteiger partial charge < -0.3 is 4.57 Å². The molecule has 15 heavy (non-hydrogen) atoms.